The number of anilines is 2. The van der Waals surface area contributed by atoms with Crippen molar-refractivity contribution in [2.24, 2.45) is 0 Å². The summed E-state index contributed by atoms with van der Waals surface area (Å²) in [6.07, 6.45) is 0. The highest BCUT2D eigenvalue weighted by atomic mass is 35.5. The van der Waals surface area contributed by atoms with Crippen molar-refractivity contribution >= 4 is 34.8 Å². The van der Waals surface area contributed by atoms with E-state index < -0.39 is 0 Å². The number of nitrogens with zero attached hydrogens (tertiary/aromatic N) is 1. The Morgan fingerprint density at radius 2 is 1.81 bits per heavy atom. The SMILES string of the molecule is COc1ccc(NC(C)=O)cc1NC(=O)CN(C)Cc1ccc(Cl)cc1. The van der Waals surface area contributed by atoms with Gasteiger partial charge in [0.1, 0.15) is 5.75 Å². The monoisotopic (exact) mass is 375 g/mol. The molecule has 2 rings (SSSR count). The first kappa shape index (κ1) is 19.8. The summed E-state index contributed by atoms with van der Waals surface area (Å²) < 4.78 is 5.26. The lowest BCUT2D eigenvalue weighted by Crippen LogP contribution is -2.30. The number of likely N-dealkylation sites (N-methyl/N-ethyl adjacent to an activating group) is 1. The normalized spacial score (nSPS) is 10.5. The molecule has 0 aromatic heterocycles. The van der Waals surface area contributed by atoms with E-state index in [0.717, 1.165) is 5.56 Å². The molecule has 0 unspecified atom stereocenters. The van der Waals surface area contributed by atoms with Gasteiger partial charge in [0.25, 0.3) is 0 Å². The van der Waals surface area contributed by atoms with Gasteiger partial charge in [0, 0.05) is 24.2 Å². The van der Waals surface area contributed by atoms with Gasteiger partial charge in [-0.2, -0.15) is 0 Å². The number of amides is 2. The van der Waals surface area contributed by atoms with E-state index in [1.54, 1.807) is 18.2 Å². The lowest BCUT2D eigenvalue weighted by molar-refractivity contribution is -0.117. The summed E-state index contributed by atoms with van der Waals surface area (Å²) in [7, 11) is 3.38. The van der Waals surface area contributed by atoms with E-state index >= 15 is 0 Å². The quantitative estimate of drug-likeness (QED) is 0.778. The number of benzene rings is 2. The first-order valence-electron chi connectivity index (χ1n) is 8.06. The summed E-state index contributed by atoms with van der Waals surface area (Å²) in [5.74, 6) is 0.155. The Kier molecular flexibility index (Phi) is 7.00. The third kappa shape index (κ3) is 6.06. The van der Waals surface area contributed by atoms with E-state index in [0.29, 0.717) is 28.7 Å². The Balaban J connectivity index is 1.99. The van der Waals surface area contributed by atoms with Gasteiger partial charge in [-0.1, -0.05) is 23.7 Å². The van der Waals surface area contributed by atoms with Crippen LogP contribution in [-0.4, -0.2) is 37.4 Å². The van der Waals surface area contributed by atoms with Crippen molar-refractivity contribution in [3.8, 4) is 5.75 Å². The van der Waals surface area contributed by atoms with E-state index in [9.17, 15) is 9.59 Å². The molecule has 0 aliphatic heterocycles. The van der Waals surface area contributed by atoms with Crippen molar-refractivity contribution in [2.45, 2.75) is 13.5 Å². The summed E-state index contributed by atoms with van der Waals surface area (Å²) in [6.45, 7) is 2.25. The van der Waals surface area contributed by atoms with Gasteiger partial charge in [-0.15, -0.1) is 0 Å². The fourth-order valence-electron chi connectivity index (χ4n) is 2.48. The Labute approximate surface area is 158 Å². The van der Waals surface area contributed by atoms with Gasteiger partial charge in [-0.05, 0) is 42.9 Å². The number of methoxy groups -OCH3 is 1. The molecule has 0 fully saturated rings. The third-order valence-corrected chi connectivity index (χ3v) is 3.83. The molecule has 0 aliphatic carbocycles. The Morgan fingerprint density at radius 1 is 1.12 bits per heavy atom. The van der Waals surface area contributed by atoms with Crippen molar-refractivity contribution in [2.75, 3.05) is 31.3 Å². The summed E-state index contributed by atoms with van der Waals surface area (Å²) in [6, 6.07) is 12.6. The zero-order valence-electron chi connectivity index (χ0n) is 15.0. The molecule has 2 N–H and O–H groups in total. The molecule has 26 heavy (non-hydrogen) atoms. The van der Waals surface area contributed by atoms with E-state index in [4.69, 9.17) is 16.3 Å². The van der Waals surface area contributed by atoms with Crippen molar-refractivity contribution in [1.29, 1.82) is 0 Å². The second-order valence-electron chi connectivity index (χ2n) is 5.94. The molecule has 0 saturated heterocycles. The van der Waals surface area contributed by atoms with E-state index in [2.05, 4.69) is 10.6 Å². The zero-order chi connectivity index (χ0) is 19.1. The number of hydrogen-bond donors (Lipinski definition) is 2. The number of hydrogen-bond acceptors (Lipinski definition) is 4. The predicted octanol–water partition coefficient (Wildman–Crippen LogP) is 3.38. The standard InChI is InChI=1S/C19H22ClN3O3/c1-13(24)21-16-8-9-18(26-3)17(10-16)22-19(25)12-23(2)11-14-4-6-15(20)7-5-14/h4-10H,11-12H2,1-3H3,(H,21,24)(H,22,25). The number of halogens is 1. The molecule has 0 heterocycles. The number of nitrogens with one attached hydrogen (secondary N) is 2. The molecule has 0 aliphatic rings. The Morgan fingerprint density at radius 3 is 2.42 bits per heavy atom. The smallest absolute Gasteiger partial charge is 0.238 e. The molecule has 6 nitrogen and oxygen atoms in total. The highest BCUT2D eigenvalue weighted by Crippen LogP contribution is 2.27. The van der Waals surface area contributed by atoms with Gasteiger partial charge in [-0.25, -0.2) is 0 Å². The van der Waals surface area contributed by atoms with E-state index in [-0.39, 0.29) is 18.4 Å². The largest absolute Gasteiger partial charge is 0.495 e. The van der Waals surface area contributed by atoms with Crippen LogP contribution in [0.5, 0.6) is 5.75 Å². The number of ether oxygens (including phenoxy) is 1. The molecule has 0 radical (unpaired) electrons. The first-order chi connectivity index (χ1) is 12.4. The maximum atomic E-state index is 12.4. The minimum Gasteiger partial charge on any atom is -0.495 e. The highest BCUT2D eigenvalue weighted by molar-refractivity contribution is 6.30. The van der Waals surface area contributed by atoms with Crippen LogP contribution in [0.3, 0.4) is 0 Å². The summed E-state index contributed by atoms with van der Waals surface area (Å²) in [5, 5.41) is 6.18. The van der Waals surface area contributed by atoms with Gasteiger partial charge >= 0.3 is 0 Å². The maximum absolute atomic E-state index is 12.4. The van der Waals surface area contributed by atoms with Crippen molar-refractivity contribution < 1.29 is 14.3 Å². The Bertz CT molecular complexity index is 778. The van der Waals surface area contributed by atoms with Crippen LogP contribution >= 0.6 is 11.6 Å². The van der Waals surface area contributed by atoms with Crippen LogP contribution in [0.4, 0.5) is 11.4 Å². The topological polar surface area (TPSA) is 70.7 Å². The highest BCUT2D eigenvalue weighted by Gasteiger charge is 2.12. The van der Waals surface area contributed by atoms with Crippen LogP contribution < -0.4 is 15.4 Å². The minimum atomic E-state index is -0.185. The molecule has 2 amide bonds. The van der Waals surface area contributed by atoms with Crippen molar-refractivity contribution in [1.82, 2.24) is 4.90 Å². The number of carbonyl (C=O) groups excluding carboxylic acids is 2. The van der Waals surface area contributed by atoms with Crippen molar-refractivity contribution in [3.63, 3.8) is 0 Å². The van der Waals surface area contributed by atoms with Gasteiger partial charge in [-0.3, -0.25) is 14.5 Å². The first-order valence-corrected chi connectivity index (χ1v) is 8.43. The predicted molar refractivity (Wildman–Crippen MR) is 104 cm³/mol. The van der Waals surface area contributed by atoms with Crippen LogP contribution in [-0.2, 0) is 16.1 Å². The van der Waals surface area contributed by atoms with Crippen LogP contribution in [0.2, 0.25) is 5.02 Å². The molecule has 0 bridgehead atoms. The molecular weight excluding hydrogens is 354 g/mol. The zero-order valence-corrected chi connectivity index (χ0v) is 15.8. The molecule has 0 spiro atoms. The number of rotatable bonds is 7. The van der Waals surface area contributed by atoms with Gasteiger partial charge in [0.15, 0.2) is 0 Å². The van der Waals surface area contributed by atoms with Gasteiger partial charge < -0.3 is 15.4 Å². The lowest BCUT2D eigenvalue weighted by Gasteiger charge is -2.17. The van der Waals surface area contributed by atoms with Crippen molar-refractivity contribution in [3.05, 3.63) is 53.1 Å². The molecule has 2 aromatic carbocycles. The minimum absolute atomic E-state index is 0.181. The average Bonchev–Trinajstić information content (AvgIpc) is 2.56. The van der Waals surface area contributed by atoms with Crippen LogP contribution in [0, 0.1) is 0 Å². The van der Waals surface area contributed by atoms with E-state index in [1.807, 2.05) is 36.2 Å². The number of carbonyl (C=O) groups is 2. The summed E-state index contributed by atoms with van der Waals surface area (Å²) in [4.78, 5) is 25.4. The lowest BCUT2D eigenvalue weighted by atomic mass is 10.2. The van der Waals surface area contributed by atoms with Crippen LogP contribution in [0.1, 0.15) is 12.5 Å². The van der Waals surface area contributed by atoms with Gasteiger partial charge in [0.2, 0.25) is 11.8 Å². The molecular formula is C19H22ClN3O3. The van der Waals surface area contributed by atoms with Crippen LogP contribution in [0.15, 0.2) is 42.5 Å². The fourth-order valence-corrected chi connectivity index (χ4v) is 2.60. The molecule has 138 valence electrons. The summed E-state index contributed by atoms with van der Waals surface area (Å²) >= 11 is 5.88. The fraction of sp³-hybridized carbons (Fsp3) is 0.263. The molecule has 7 heteroatoms. The molecule has 0 atom stereocenters. The summed E-state index contributed by atoms with van der Waals surface area (Å²) in [5.41, 5.74) is 2.15. The molecule has 2 aromatic rings. The van der Waals surface area contributed by atoms with Crippen LogP contribution in [0.25, 0.3) is 0 Å². The molecule has 0 saturated carbocycles. The average molecular weight is 376 g/mol. The van der Waals surface area contributed by atoms with Gasteiger partial charge in [0.05, 0.1) is 19.3 Å². The second kappa shape index (κ2) is 9.22. The second-order valence-corrected chi connectivity index (χ2v) is 6.38. The third-order valence-electron chi connectivity index (χ3n) is 3.57. The van der Waals surface area contributed by atoms with E-state index in [1.165, 1.54) is 14.0 Å². The maximum Gasteiger partial charge on any atom is 0.238 e. The Hall–Kier alpha value is -2.57.